The molecule has 1 aromatic heterocycles. The molecular formula is C20H20N4O3S. The SMILES string of the molecule is O=S(=O)(c1ccc2c(c1)CCCO2)N1CCc2c(nnn2-c2ccccc2)C1. The summed E-state index contributed by atoms with van der Waals surface area (Å²) in [6.07, 6.45) is 2.32. The number of aromatic nitrogens is 3. The Morgan fingerprint density at radius 1 is 1.04 bits per heavy atom. The number of benzene rings is 2. The molecule has 0 saturated carbocycles. The number of nitrogens with zero attached hydrogens (tertiary/aromatic N) is 4. The molecule has 0 saturated heterocycles. The first-order chi connectivity index (χ1) is 13.6. The normalized spacial score (nSPS) is 16.9. The monoisotopic (exact) mass is 396 g/mol. The van der Waals surface area contributed by atoms with Gasteiger partial charge in [0.1, 0.15) is 11.4 Å². The minimum absolute atomic E-state index is 0.234. The minimum Gasteiger partial charge on any atom is -0.493 e. The van der Waals surface area contributed by atoms with E-state index in [4.69, 9.17) is 4.74 Å². The number of fused-ring (bicyclic) bond motifs is 2. The fraction of sp³-hybridized carbons (Fsp3) is 0.300. The third-order valence-electron chi connectivity index (χ3n) is 5.29. The van der Waals surface area contributed by atoms with Crippen LogP contribution in [0.25, 0.3) is 5.69 Å². The van der Waals surface area contributed by atoms with Crippen molar-refractivity contribution in [2.24, 2.45) is 0 Å². The van der Waals surface area contributed by atoms with Crippen LogP contribution in [-0.2, 0) is 29.4 Å². The third kappa shape index (κ3) is 2.89. The Morgan fingerprint density at radius 3 is 2.75 bits per heavy atom. The summed E-state index contributed by atoms with van der Waals surface area (Å²) in [6, 6.07) is 14.9. The summed E-state index contributed by atoms with van der Waals surface area (Å²) in [5, 5.41) is 8.49. The first-order valence-corrected chi connectivity index (χ1v) is 10.8. The van der Waals surface area contributed by atoms with Gasteiger partial charge in [-0.15, -0.1) is 5.10 Å². The molecule has 0 fully saturated rings. The van der Waals surface area contributed by atoms with Crippen LogP contribution in [0.15, 0.2) is 53.4 Å². The molecule has 8 heteroatoms. The summed E-state index contributed by atoms with van der Waals surface area (Å²) in [4.78, 5) is 0.315. The van der Waals surface area contributed by atoms with E-state index in [2.05, 4.69) is 10.3 Å². The quantitative estimate of drug-likeness (QED) is 0.679. The zero-order valence-corrected chi connectivity index (χ0v) is 16.1. The third-order valence-corrected chi connectivity index (χ3v) is 7.13. The zero-order valence-electron chi connectivity index (χ0n) is 15.3. The van der Waals surface area contributed by atoms with E-state index < -0.39 is 10.0 Å². The highest BCUT2D eigenvalue weighted by Crippen LogP contribution is 2.30. The number of hydrogen-bond acceptors (Lipinski definition) is 5. The first-order valence-electron chi connectivity index (χ1n) is 9.38. The number of rotatable bonds is 3. The van der Waals surface area contributed by atoms with E-state index in [1.807, 2.05) is 30.3 Å². The highest BCUT2D eigenvalue weighted by Gasteiger charge is 2.32. The molecule has 7 nitrogen and oxygen atoms in total. The van der Waals surface area contributed by atoms with Gasteiger partial charge in [0.25, 0.3) is 0 Å². The van der Waals surface area contributed by atoms with Crippen molar-refractivity contribution in [2.45, 2.75) is 30.7 Å². The maximum absolute atomic E-state index is 13.2. The molecule has 2 aliphatic heterocycles. The van der Waals surface area contributed by atoms with Gasteiger partial charge in [-0.3, -0.25) is 0 Å². The van der Waals surface area contributed by atoms with Crippen LogP contribution in [0.4, 0.5) is 0 Å². The van der Waals surface area contributed by atoms with Gasteiger partial charge < -0.3 is 4.74 Å². The molecular weight excluding hydrogens is 376 g/mol. The molecule has 0 aliphatic carbocycles. The Hall–Kier alpha value is -2.71. The summed E-state index contributed by atoms with van der Waals surface area (Å²) >= 11 is 0. The van der Waals surface area contributed by atoms with Gasteiger partial charge in [-0.25, -0.2) is 13.1 Å². The molecule has 3 heterocycles. The number of ether oxygens (including phenoxy) is 1. The van der Waals surface area contributed by atoms with Gasteiger partial charge in [-0.05, 0) is 48.7 Å². The largest absolute Gasteiger partial charge is 0.493 e. The summed E-state index contributed by atoms with van der Waals surface area (Å²) < 4.78 is 35.3. The predicted octanol–water partition coefficient (Wildman–Crippen LogP) is 2.34. The molecule has 0 unspecified atom stereocenters. The molecule has 0 radical (unpaired) electrons. The molecule has 2 aliphatic rings. The van der Waals surface area contributed by atoms with E-state index >= 15 is 0 Å². The summed E-state index contributed by atoms with van der Waals surface area (Å²) in [6.45, 7) is 1.33. The Morgan fingerprint density at radius 2 is 1.89 bits per heavy atom. The Bertz CT molecular complexity index is 1130. The fourth-order valence-electron chi connectivity index (χ4n) is 3.81. The van der Waals surface area contributed by atoms with E-state index in [-0.39, 0.29) is 6.54 Å². The lowest BCUT2D eigenvalue weighted by Gasteiger charge is -2.26. The fourth-order valence-corrected chi connectivity index (χ4v) is 5.26. The lowest BCUT2D eigenvalue weighted by Crippen LogP contribution is -2.36. The molecule has 28 heavy (non-hydrogen) atoms. The summed E-state index contributed by atoms with van der Waals surface area (Å²) in [5.74, 6) is 0.789. The van der Waals surface area contributed by atoms with Crippen LogP contribution in [0.1, 0.15) is 23.4 Å². The van der Waals surface area contributed by atoms with Gasteiger partial charge in [0.15, 0.2) is 0 Å². The molecule has 0 atom stereocenters. The van der Waals surface area contributed by atoms with Crippen molar-refractivity contribution in [3.63, 3.8) is 0 Å². The van der Waals surface area contributed by atoms with Gasteiger partial charge in [0.05, 0.1) is 29.4 Å². The van der Waals surface area contributed by atoms with Crippen molar-refractivity contribution in [2.75, 3.05) is 13.2 Å². The molecule has 144 valence electrons. The van der Waals surface area contributed by atoms with Crippen LogP contribution in [0.3, 0.4) is 0 Å². The smallest absolute Gasteiger partial charge is 0.243 e. The maximum Gasteiger partial charge on any atom is 0.243 e. The molecule has 3 aromatic rings. The molecule has 0 spiro atoms. The number of aryl methyl sites for hydroxylation is 1. The van der Waals surface area contributed by atoms with Crippen molar-refractivity contribution in [1.82, 2.24) is 19.3 Å². The topological polar surface area (TPSA) is 77.3 Å². The van der Waals surface area contributed by atoms with E-state index in [1.165, 1.54) is 4.31 Å². The van der Waals surface area contributed by atoms with Gasteiger partial charge in [-0.2, -0.15) is 4.31 Å². The van der Waals surface area contributed by atoms with Crippen molar-refractivity contribution in [3.05, 3.63) is 65.5 Å². The van der Waals surface area contributed by atoms with E-state index in [0.29, 0.717) is 30.2 Å². The molecule has 2 aromatic carbocycles. The highest BCUT2D eigenvalue weighted by molar-refractivity contribution is 7.89. The second-order valence-corrected chi connectivity index (χ2v) is 8.98. The van der Waals surface area contributed by atoms with Crippen LogP contribution < -0.4 is 4.74 Å². The predicted molar refractivity (Wildman–Crippen MR) is 103 cm³/mol. The number of hydrogen-bond donors (Lipinski definition) is 0. The van der Waals surface area contributed by atoms with Crippen LogP contribution in [0, 0.1) is 0 Å². The number of para-hydroxylation sites is 1. The average molecular weight is 396 g/mol. The Balaban J connectivity index is 1.44. The minimum atomic E-state index is -3.59. The van der Waals surface area contributed by atoms with Gasteiger partial charge in [0, 0.05) is 13.0 Å². The standard InChI is InChI=1S/C20H20N4O3S/c25-28(26,17-8-9-20-15(13-17)5-4-12-27-20)23-11-10-19-18(14-23)21-22-24(19)16-6-2-1-3-7-16/h1-3,6-9,13H,4-5,10-12,14H2. The molecule has 5 rings (SSSR count). The van der Waals surface area contributed by atoms with Crippen molar-refractivity contribution < 1.29 is 13.2 Å². The van der Waals surface area contributed by atoms with Crippen LogP contribution in [0.5, 0.6) is 5.75 Å². The van der Waals surface area contributed by atoms with Crippen molar-refractivity contribution in [3.8, 4) is 11.4 Å². The Labute approximate surface area is 163 Å². The summed E-state index contributed by atoms with van der Waals surface area (Å²) in [7, 11) is -3.59. The van der Waals surface area contributed by atoms with E-state index in [0.717, 1.165) is 35.5 Å². The first kappa shape index (κ1) is 17.4. The molecule has 0 amide bonds. The molecule has 0 N–H and O–H groups in total. The zero-order chi connectivity index (χ0) is 19.1. The van der Waals surface area contributed by atoms with Gasteiger partial charge in [-0.1, -0.05) is 23.4 Å². The lowest BCUT2D eigenvalue weighted by atomic mass is 10.1. The lowest BCUT2D eigenvalue weighted by molar-refractivity contribution is 0.288. The van der Waals surface area contributed by atoms with Crippen LogP contribution in [-0.4, -0.2) is 40.9 Å². The van der Waals surface area contributed by atoms with Gasteiger partial charge >= 0.3 is 0 Å². The van der Waals surface area contributed by atoms with E-state index in [9.17, 15) is 8.42 Å². The second kappa shape index (κ2) is 6.72. The maximum atomic E-state index is 13.2. The average Bonchev–Trinajstić information content (AvgIpc) is 3.17. The summed E-state index contributed by atoms with van der Waals surface area (Å²) in [5.41, 5.74) is 3.57. The van der Waals surface area contributed by atoms with Crippen molar-refractivity contribution >= 4 is 10.0 Å². The van der Waals surface area contributed by atoms with Crippen LogP contribution in [0.2, 0.25) is 0 Å². The number of sulfonamides is 1. The van der Waals surface area contributed by atoms with Gasteiger partial charge in [0.2, 0.25) is 10.0 Å². The van der Waals surface area contributed by atoms with Crippen LogP contribution >= 0.6 is 0 Å². The second-order valence-electron chi connectivity index (χ2n) is 7.04. The molecule has 0 bridgehead atoms. The van der Waals surface area contributed by atoms with Crippen molar-refractivity contribution in [1.29, 1.82) is 0 Å². The Kier molecular flexibility index (Phi) is 4.17. The highest BCUT2D eigenvalue weighted by atomic mass is 32.2. The van der Waals surface area contributed by atoms with E-state index in [1.54, 1.807) is 22.9 Å².